The Morgan fingerprint density at radius 2 is 2.26 bits per heavy atom. The zero-order valence-electron chi connectivity index (χ0n) is 10.4. The van der Waals surface area contributed by atoms with E-state index in [0.717, 1.165) is 6.07 Å². The average Bonchev–Trinajstić information content (AvgIpc) is 2.98. The molecule has 0 aliphatic heterocycles. The normalized spacial score (nSPS) is 10.4. The quantitative estimate of drug-likeness (QED) is 0.856. The molecule has 1 N–H and O–H groups in total. The van der Waals surface area contributed by atoms with E-state index in [1.165, 1.54) is 4.90 Å². The second-order valence-corrected chi connectivity index (χ2v) is 4.00. The second kappa shape index (κ2) is 4.92. The number of aromatic nitrogens is 3. The fraction of sp³-hybridized carbons (Fsp3) is 0.273. The zero-order valence-corrected chi connectivity index (χ0v) is 10.4. The van der Waals surface area contributed by atoms with Gasteiger partial charge < -0.3 is 19.1 Å². The molecule has 0 atom stereocenters. The summed E-state index contributed by atoms with van der Waals surface area (Å²) in [6, 6.07) is 1.10. The highest BCUT2D eigenvalue weighted by atomic mass is 16.5. The van der Waals surface area contributed by atoms with Crippen LogP contribution in [0, 0.1) is 0 Å². The van der Waals surface area contributed by atoms with Crippen molar-refractivity contribution >= 4 is 11.9 Å². The third-order valence-corrected chi connectivity index (χ3v) is 2.59. The van der Waals surface area contributed by atoms with E-state index in [-0.39, 0.29) is 18.0 Å². The van der Waals surface area contributed by atoms with Crippen molar-refractivity contribution in [2.75, 3.05) is 7.05 Å². The van der Waals surface area contributed by atoms with Crippen LogP contribution in [-0.2, 0) is 13.6 Å². The summed E-state index contributed by atoms with van der Waals surface area (Å²) in [6.07, 6.45) is 3.40. The third kappa shape index (κ3) is 2.62. The molecule has 1 amide bonds. The average molecular weight is 264 g/mol. The molecule has 19 heavy (non-hydrogen) atoms. The minimum absolute atomic E-state index is 0.0471. The van der Waals surface area contributed by atoms with Crippen molar-refractivity contribution in [2.24, 2.45) is 7.05 Å². The number of amides is 1. The number of imidazole rings is 1. The first-order valence-electron chi connectivity index (χ1n) is 5.40. The van der Waals surface area contributed by atoms with Crippen molar-refractivity contribution in [3.8, 4) is 0 Å². The van der Waals surface area contributed by atoms with Gasteiger partial charge in [0.05, 0.1) is 6.54 Å². The van der Waals surface area contributed by atoms with Gasteiger partial charge in [-0.2, -0.15) is 0 Å². The van der Waals surface area contributed by atoms with Crippen LogP contribution < -0.4 is 0 Å². The van der Waals surface area contributed by atoms with Crippen LogP contribution in [0.4, 0.5) is 0 Å². The second-order valence-electron chi connectivity index (χ2n) is 4.00. The van der Waals surface area contributed by atoms with Crippen molar-refractivity contribution < 1.29 is 19.2 Å². The summed E-state index contributed by atoms with van der Waals surface area (Å²) in [5.74, 6) is -1.36. The first-order valence-corrected chi connectivity index (χ1v) is 5.40. The lowest BCUT2D eigenvalue weighted by Crippen LogP contribution is -2.27. The minimum atomic E-state index is -1.27. The number of hydrogen-bond donors (Lipinski definition) is 1. The minimum Gasteiger partial charge on any atom is -0.475 e. The van der Waals surface area contributed by atoms with E-state index in [1.807, 2.05) is 7.05 Å². The van der Waals surface area contributed by atoms with Crippen LogP contribution in [0.5, 0.6) is 0 Å². The van der Waals surface area contributed by atoms with Gasteiger partial charge in [0.15, 0.2) is 5.69 Å². The fourth-order valence-electron chi connectivity index (χ4n) is 1.51. The van der Waals surface area contributed by atoms with Crippen LogP contribution in [0.3, 0.4) is 0 Å². The van der Waals surface area contributed by atoms with E-state index in [1.54, 1.807) is 24.0 Å². The summed E-state index contributed by atoms with van der Waals surface area (Å²) >= 11 is 0. The molecule has 0 spiro atoms. The van der Waals surface area contributed by atoms with Crippen LogP contribution in [0.1, 0.15) is 26.9 Å². The number of carbonyl (C=O) groups excluding carboxylic acids is 1. The highest BCUT2D eigenvalue weighted by molar-refractivity contribution is 5.94. The SMILES string of the molecule is CN(Cc1nccn1C)C(=O)c1cc(C(=O)O)on1. The Balaban J connectivity index is 2.10. The molecule has 2 aromatic heterocycles. The Labute approximate surface area is 108 Å². The van der Waals surface area contributed by atoms with Crippen LogP contribution in [0.2, 0.25) is 0 Å². The molecule has 0 aliphatic rings. The molecule has 2 heterocycles. The maximum Gasteiger partial charge on any atom is 0.374 e. The molecular weight excluding hydrogens is 252 g/mol. The molecule has 2 aromatic rings. The first kappa shape index (κ1) is 12.8. The van der Waals surface area contributed by atoms with E-state index in [4.69, 9.17) is 5.11 Å². The number of hydrogen-bond acceptors (Lipinski definition) is 5. The van der Waals surface area contributed by atoms with E-state index in [9.17, 15) is 9.59 Å². The molecule has 8 nitrogen and oxygen atoms in total. The largest absolute Gasteiger partial charge is 0.475 e. The lowest BCUT2D eigenvalue weighted by Gasteiger charge is -2.14. The molecule has 0 fully saturated rings. The number of rotatable bonds is 4. The van der Waals surface area contributed by atoms with Gasteiger partial charge in [0.2, 0.25) is 5.76 Å². The summed E-state index contributed by atoms with van der Waals surface area (Å²) in [6.45, 7) is 0.289. The number of aromatic carboxylic acids is 1. The Hall–Kier alpha value is -2.64. The standard InChI is InChI=1S/C11H12N4O4/c1-14-4-3-12-9(14)6-15(2)10(16)7-5-8(11(17)18)19-13-7/h3-5H,6H2,1-2H3,(H,17,18). The fourth-order valence-corrected chi connectivity index (χ4v) is 1.51. The van der Waals surface area contributed by atoms with Crippen molar-refractivity contribution in [2.45, 2.75) is 6.54 Å². The van der Waals surface area contributed by atoms with Gasteiger partial charge in [-0.05, 0) is 0 Å². The third-order valence-electron chi connectivity index (χ3n) is 2.59. The summed E-state index contributed by atoms with van der Waals surface area (Å²) in [5.41, 5.74) is -0.0471. The van der Waals surface area contributed by atoms with Crippen molar-refractivity contribution in [1.29, 1.82) is 0 Å². The van der Waals surface area contributed by atoms with Gasteiger partial charge in [-0.15, -0.1) is 0 Å². The monoisotopic (exact) mass is 264 g/mol. The molecule has 2 rings (SSSR count). The summed E-state index contributed by atoms with van der Waals surface area (Å²) in [7, 11) is 3.39. The lowest BCUT2D eigenvalue weighted by molar-refractivity contribution is 0.0649. The van der Waals surface area contributed by atoms with E-state index < -0.39 is 11.9 Å². The summed E-state index contributed by atoms with van der Waals surface area (Å²) in [4.78, 5) is 28.1. The van der Waals surface area contributed by atoms with Crippen LogP contribution in [0.25, 0.3) is 0 Å². The van der Waals surface area contributed by atoms with Gasteiger partial charge in [-0.1, -0.05) is 5.16 Å². The Morgan fingerprint density at radius 3 is 2.79 bits per heavy atom. The van der Waals surface area contributed by atoms with Gasteiger partial charge in [0.25, 0.3) is 5.91 Å². The number of carboxylic acids is 1. The van der Waals surface area contributed by atoms with Gasteiger partial charge in [0.1, 0.15) is 5.82 Å². The smallest absolute Gasteiger partial charge is 0.374 e. The van der Waals surface area contributed by atoms with Crippen LogP contribution in [-0.4, -0.2) is 43.6 Å². The maximum absolute atomic E-state index is 12.0. The van der Waals surface area contributed by atoms with Crippen LogP contribution >= 0.6 is 0 Å². The van der Waals surface area contributed by atoms with Gasteiger partial charge in [-0.3, -0.25) is 4.79 Å². The highest BCUT2D eigenvalue weighted by Gasteiger charge is 2.20. The Morgan fingerprint density at radius 1 is 1.53 bits per heavy atom. The van der Waals surface area contributed by atoms with Gasteiger partial charge in [0, 0.05) is 32.6 Å². The zero-order chi connectivity index (χ0) is 14.0. The topological polar surface area (TPSA) is 101 Å². The highest BCUT2D eigenvalue weighted by Crippen LogP contribution is 2.08. The van der Waals surface area contributed by atoms with E-state index in [2.05, 4.69) is 14.7 Å². The number of aryl methyl sites for hydroxylation is 1. The summed E-state index contributed by atoms with van der Waals surface area (Å²) < 4.78 is 6.33. The molecule has 0 unspecified atom stereocenters. The van der Waals surface area contributed by atoms with Crippen molar-refractivity contribution in [3.63, 3.8) is 0 Å². The van der Waals surface area contributed by atoms with E-state index >= 15 is 0 Å². The number of carbonyl (C=O) groups is 2. The molecule has 100 valence electrons. The Kier molecular flexibility index (Phi) is 3.32. The number of carboxylic acid groups (broad SMARTS) is 1. The predicted octanol–water partition coefficient (Wildman–Crippen LogP) is 0.379. The molecule has 0 saturated carbocycles. The Bertz CT molecular complexity index is 616. The first-order chi connectivity index (χ1) is 8.99. The molecule has 0 aliphatic carbocycles. The van der Waals surface area contributed by atoms with Gasteiger partial charge >= 0.3 is 5.97 Å². The molecule has 8 heteroatoms. The maximum atomic E-state index is 12.0. The van der Waals surface area contributed by atoms with E-state index in [0.29, 0.717) is 5.82 Å². The molecule has 0 radical (unpaired) electrons. The van der Waals surface area contributed by atoms with Crippen LogP contribution in [0.15, 0.2) is 23.0 Å². The molecule has 0 saturated heterocycles. The summed E-state index contributed by atoms with van der Waals surface area (Å²) in [5, 5.41) is 12.1. The molecule has 0 bridgehead atoms. The van der Waals surface area contributed by atoms with Gasteiger partial charge in [-0.25, -0.2) is 9.78 Å². The predicted molar refractivity (Wildman–Crippen MR) is 62.5 cm³/mol. The van der Waals surface area contributed by atoms with Crippen molar-refractivity contribution in [3.05, 3.63) is 35.7 Å². The lowest BCUT2D eigenvalue weighted by atomic mass is 10.3. The van der Waals surface area contributed by atoms with Crippen molar-refractivity contribution in [1.82, 2.24) is 19.6 Å². The number of nitrogens with zero attached hydrogens (tertiary/aromatic N) is 4. The molecule has 0 aromatic carbocycles. The molecular formula is C11H12N4O4.